The lowest BCUT2D eigenvalue weighted by Crippen LogP contribution is -1.90. The zero-order chi connectivity index (χ0) is 11.5. The molecule has 1 aromatic heterocycles. The van der Waals surface area contributed by atoms with Crippen LogP contribution in [0.1, 0.15) is 12.6 Å². The van der Waals surface area contributed by atoms with Crippen LogP contribution >= 0.6 is 24.0 Å². The van der Waals surface area contributed by atoms with Crippen molar-refractivity contribution in [1.82, 2.24) is 4.98 Å². The number of rotatable bonds is 3. The maximum absolute atomic E-state index is 5.39. The van der Waals surface area contributed by atoms with Gasteiger partial charge in [-0.15, -0.1) is 24.0 Å². The summed E-state index contributed by atoms with van der Waals surface area (Å²) in [6.07, 6.45) is 0. The van der Waals surface area contributed by atoms with Crippen LogP contribution in [-0.2, 0) is 0 Å². The van der Waals surface area contributed by atoms with Crippen molar-refractivity contribution in [3.8, 4) is 16.3 Å². The molecule has 0 saturated heterocycles. The molecule has 0 aliphatic rings. The van der Waals surface area contributed by atoms with Crippen molar-refractivity contribution in [2.45, 2.75) is 18.1 Å². The summed E-state index contributed by atoms with van der Waals surface area (Å²) in [6, 6.07) is 7.98. The smallest absolute Gasteiger partial charge is 0.124 e. The van der Waals surface area contributed by atoms with E-state index in [0.29, 0.717) is 6.61 Å². The predicted octanol–water partition coefficient (Wildman–Crippen LogP) is 3.81. The molecular weight excluding hydrogens is 238 g/mol. The molecule has 4 heteroatoms. The average Bonchev–Trinajstić information content (AvgIpc) is 2.61. The van der Waals surface area contributed by atoms with Crippen LogP contribution < -0.4 is 4.74 Å². The molecule has 0 aliphatic carbocycles. The molecule has 1 aromatic carbocycles. The SMILES string of the molecule is CCOc1ccc(-c2nc(C)c(S)s2)cc1. The van der Waals surface area contributed by atoms with Gasteiger partial charge in [0.1, 0.15) is 10.8 Å². The minimum atomic E-state index is 0.691. The zero-order valence-electron chi connectivity index (χ0n) is 9.23. The van der Waals surface area contributed by atoms with Crippen LogP contribution in [0.4, 0.5) is 0 Å². The standard InChI is InChI=1S/C12H13NOS2/c1-3-14-10-6-4-9(5-7-10)11-13-8(2)12(15)16-11/h4-7,15H,3H2,1-2H3. The number of thiol groups is 1. The lowest BCUT2D eigenvalue weighted by Gasteiger charge is -2.02. The molecule has 0 N–H and O–H groups in total. The molecule has 0 unspecified atom stereocenters. The fourth-order valence-electron chi connectivity index (χ4n) is 1.37. The number of hydrogen-bond acceptors (Lipinski definition) is 4. The van der Waals surface area contributed by atoms with Gasteiger partial charge in [0.05, 0.1) is 16.5 Å². The molecule has 0 fully saturated rings. The molecule has 0 amide bonds. The summed E-state index contributed by atoms with van der Waals surface area (Å²) < 4.78 is 6.37. The van der Waals surface area contributed by atoms with Crippen molar-refractivity contribution < 1.29 is 4.74 Å². The van der Waals surface area contributed by atoms with Gasteiger partial charge < -0.3 is 4.74 Å². The summed E-state index contributed by atoms with van der Waals surface area (Å²) in [5, 5.41) is 1.01. The van der Waals surface area contributed by atoms with Gasteiger partial charge >= 0.3 is 0 Å². The molecule has 0 saturated carbocycles. The van der Waals surface area contributed by atoms with Gasteiger partial charge in [0.15, 0.2) is 0 Å². The van der Waals surface area contributed by atoms with Gasteiger partial charge in [-0.3, -0.25) is 0 Å². The second-order valence-electron chi connectivity index (χ2n) is 3.37. The fourth-order valence-corrected chi connectivity index (χ4v) is 2.49. The van der Waals surface area contributed by atoms with E-state index in [4.69, 9.17) is 4.74 Å². The highest BCUT2D eigenvalue weighted by molar-refractivity contribution is 7.83. The van der Waals surface area contributed by atoms with E-state index < -0.39 is 0 Å². The zero-order valence-corrected chi connectivity index (χ0v) is 10.9. The number of nitrogens with zero attached hydrogens (tertiary/aromatic N) is 1. The van der Waals surface area contributed by atoms with Gasteiger partial charge in [-0.2, -0.15) is 0 Å². The van der Waals surface area contributed by atoms with Gasteiger partial charge in [0.25, 0.3) is 0 Å². The van der Waals surface area contributed by atoms with Crippen LogP contribution in [0.2, 0.25) is 0 Å². The monoisotopic (exact) mass is 251 g/mol. The molecule has 0 atom stereocenters. The number of aromatic nitrogens is 1. The van der Waals surface area contributed by atoms with Crippen LogP contribution in [0, 0.1) is 6.92 Å². The molecule has 2 aromatic rings. The Hall–Kier alpha value is -1.00. The molecule has 0 spiro atoms. The summed E-state index contributed by atoms with van der Waals surface area (Å²) in [4.78, 5) is 4.46. The molecule has 84 valence electrons. The van der Waals surface area contributed by atoms with Gasteiger partial charge in [0.2, 0.25) is 0 Å². The summed E-state index contributed by atoms with van der Waals surface area (Å²) in [7, 11) is 0. The first-order valence-electron chi connectivity index (χ1n) is 5.10. The first kappa shape index (κ1) is 11.5. The van der Waals surface area contributed by atoms with Crippen molar-refractivity contribution in [2.24, 2.45) is 0 Å². The first-order valence-corrected chi connectivity index (χ1v) is 6.36. The fraction of sp³-hybridized carbons (Fsp3) is 0.250. The molecule has 0 aliphatic heterocycles. The Bertz CT molecular complexity index is 457. The van der Waals surface area contributed by atoms with Gasteiger partial charge in [0, 0.05) is 5.56 Å². The maximum Gasteiger partial charge on any atom is 0.124 e. The quantitative estimate of drug-likeness (QED) is 0.838. The predicted molar refractivity (Wildman–Crippen MR) is 70.7 cm³/mol. The van der Waals surface area contributed by atoms with Gasteiger partial charge in [-0.1, -0.05) is 0 Å². The summed E-state index contributed by atoms with van der Waals surface area (Å²) in [5.41, 5.74) is 2.09. The van der Waals surface area contributed by atoms with Crippen LogP contribution in [-0.4, -0.2) is 11.6 Å². The minimum absolute atomic E-state index is 0.691. The Kier molecular flexibility index (Phi) is 3.51. The van der Waals surface area contributed by atoms with Crippen molar-refractivity contribution >= 4 is 24.0 Å². The van der Waals surface area contributed by atoms with E-state index in [1.54, 1.807) is 11.3 Å². The second kappa shape index (κ2) is 4.89. The summed E-state index contributed by atoms with van der Waals surface area (Å²) in [5.74, 6) is 0.894. The van der Waals surface area contributed by atoms with E-state index in [1.165, 1.54) is 0 Å². The van der Waals surface area contributed by atoms with E-state index in [1.807, 2.05) is 38.1 Å². The van der Waals surface area contributed by atoms with Crippen LogP contribution in [0.15, 0.2) is 28.5 Å². The summed E-state index contributed by atoms with van der Waals surface area (Å²) in [6.45, 7) is 4.64. The molecular formula is C12H13NOS2. The second-order valence-corrected chi connectivity index (χ2v) is 5.12. The first-order chi connectivity index (χ1) is 7.70. The Morgan fingerprint density at radius 2 is 2.00 bits per heavy atom. The summed E-state index contributed by atoms with van der Waals surface area (Å²) >= 11 is 5.95. The highest BCUT2D eigenvalue weighted by Gasteiger charge is 2.06. The molecule has 0 bridgehead atoms. The van der Waals surface area contributed by atoms with Crippen molar-refractivity contribution in [1.29, 1.82) is 0 Å². The molecule has 0 radical (unpaired) electrons. The number of thiazole rings is 1. The third kappa shape index (κ3) is 2.39. The van der Waals surface area contributed by atoms with E-state index in [0.717, 1.165) is 26.2 Å². The third-order valence-electron chi connectivity index (χ3n) is 2.18. The van der Waals surface area contributed by atoms with Crippen LogP contribution in [0.5, 0.6) is 5.75 Å². The Morgan fingerprint density at radius 3 is 2.50 bits per heavy atom. The molecule has 1 heterocycles. The Balaban J connectivity index is 2.27. The van der Waals surface area contributed by atoms with Crippen LogP contribution in [0.25, 0.3) is 10.6 Å². The Labute approximate surface area is 105 Å². The number of aryl methyl sites for hydroxylation is 1. The van der Waals surface area contributed by atoms with E-state index in [9.17, 15) is 0 Å². The van der Waals surface area contributed by atoms with E-state index >= 15 is 0 Å². The molecule has 2 rings (SSSR count). The van der Waals surface area contributed by atoms with Crippen LogP contribution in [0.3, 0.4) is 0 Å². The van der Waals surface area contributed by atoms with Gasteiger partial charge in [-0.05, 0) is 38.1 Å². The highest BCUT2D eigenvalue weighted by atomic mass is 32.2. The molecule has 16 heavy (non-hydrogen) atoms. The van der Waals surface area contributed by atoms with Crippen molar-refractivity contribution in [2.75, 3.05) is 6.61 Å². The van der Waals surface area contributed by atoms with Gasteiger partial charge in [-0.25, -0.2) is 4.98 Å². The average molecular weight is 251 g/mol. The van der Waals surface area contributed by atoms with Crippen molar-refractivity contribution in [3.05, 3.63) is 30.0 Å². The lowest BCUT2D eigenvalue weighted by atomic mass is 10.2. The third-order valence-corrected chi connectivity index (χ3v) is 3.79. The number of benzene rings is 1. The number of ether oxygens (including phenoxy) is 1. The maximum atomic E-state index is 5.39. The molecule has 2 nitrogen and oxygen atoms in total. The lowest BCUT2D eigenvalue weighted by molar-refractivity contribution is 0.340. The minimum Gasteiger partial charge on any atom is -0.494 e. The van der Waals surface area contributed by atoms with E-state index in [2.05, 4.69) is 17.6 Å². The largest absolute Gasteiger partial charge is 0.494 e. The van der Waals surface area contributed by atoms with E-state index in [-0.39, 0.29) is 0 Å². The topological polar surface area (TPSA) is 22.1 Å². The normalized spacial score (nSPS) is 10.4. The van der Waals surface area contributed by atoms with Crippen molar-refractivity contribution in [3.63, 3.8) is 0 Å². The Morgan fingerprint density at radius 1 is 1.31 bits per heavy atom. The highest BCUT2D eigenvalue weighted by Crippen LogP contribution is 2.30. The number of hydrogen-bond donors (Lipinski definition) is 1.